The van der Waals surface area contributed by atoms with Crippen LogP contribution in [0.5, 0.6) is 5.75 Å². The topological polar surface area (TPSA) is 48.4 Å². The Hall–Kier alpha value is -1.16. The van der Waals surface area contributed by atoms with E-state index in [9.17, 15) is 0 Å². The van der Waals surface area contributed by atoms with Gasteiger partial charge in [0.1, 0.15) is 23.9 Å². The molecule has 2 N–H and O–H groups in total. The summed E-state index contributed by atoms with van der Waals surface area (Å²) in [6.07, 6.45) is 1.76. The van der Waals surface area contributed by atoms with Crippen molar-refractivity contribution in [3.05, 3.63) is 51.9 Å². The van der Waals surface area contributed by atoms with E-state index in [0.29, 0.717) is 28.9 Å². The normalized spacial score (nSPS) is 10.7. The zero-order valence-electron chi connectivity index (χ0n) is 10.4. The van der Waals surface area contributed by atoms with Gasteiger partial charge >= 0.3 is 0 Å². The van der Waals surface area contributed by atoms with E-state index in [1.165, 1.54) is 0 Å². The number of rotatable bonds is 6. The van der Waals surface area contributed by atoms with Crippen LogP contribution in [-0.2, 0) is 13.0 Å². The van der Waals surface area contributed by atoms with Crippen LogP contribution in [0.1, 0.15) is 17.9 Å². The summed E-state index contributed by atoms with van der Waals surface area (Å²) in [5.74, 6) is 2.27. The number of furan rings is 1. The molecular weight excluding hydrogens is 285 g/mol. The second-order valence-electron chi connectivity index (χ2n) is 4.12. The highest BCUT2D eigenvalue weighted by molar-refractivity contribution is 6.35. The van der Waals surface area contributed by atoms with E-state index in [-0.39, 0.29) is 0 Å². The van der Waals surface area contributed by atoms with E-state index in [2.05, 4.69) is 0 Å². The molecule has 5 heteroatoms. The average molecular weight is 300 g/mol. The van der Waals surface area contributed by atoms with Gasteiger partial charge in [0.15, 0.2) is 0 Å². The first-order valence-electron chi connectivity index (χ1n) is 6.04. The summed E-state index contributed by atoms with van der Waals surface area (Å²) in [7, 11) is 0. The quantitative estimate of drug-likeness (QED) is 0.875. The standard InChI is InChI=1S/C14H15Cl2NO2/c15-10-3-6-14(13(16)8-10)18-9-12-5-4-11(19-12)2-1-7-17/h3-6,8H,1-2,7,9,17H2. The van der Waals surface area contributed by atoms with Gasteiger partial charge in [-0.05, 0) is 43.3 Å². The largest absolute Gasteiger partial charge is 0.484 e. The molecule has 102 valence electrons. The number of halogens is 2. The molecule has 0 spiro atoms. The maximum atomic E-state index is 6.02. The Bertz CT molecular complexity index is 540. The smallest absolute Gasteiger partial charge is 0.146 e. The molecule has 1 aromatic heterocycles. The van der Waals surface area contributed by atoms with E-state index in [1.54, 1.807) is 18.2 Å². The fraction of sp³-hybridized carbons (Fsp3) is 0.286. The fourth-order valence-corrected chi connectivity index (χ4v) is 2.11. The van der Waals surface area contributed by atoms with E-state index in [4.69, 9.17) is 38.1 Å². The summed E-state index contributed by atoms with van der Waals surface area (Å²) in [5.41, 5.74) is 5.45. The Labute approximate surface area is 122 Å². The SMILES string of the molecule is NCCCc1ccc(COc2ccc(Cl)cc2Cl)o1. The van der Waals surface area contributed by atoms with Crippen molar-refractivity contribution in [3.8, 4) is 5.75 Å². The van der Waals surface area contributed by atoms with Gasteiger partial charge in [-0.1, -0.05) is 23.2 Å². The second kappa shape index (κ2) is 6.85. The van der Waals surface area contributed by atoms with Crippen molar-refractivity contribution < 1.29 is 9.15 Å². The highest BCUT2D eigenvalue weighted by Gasteiger charge is 2.06. The van der Waals surface area contributed by atoms with Crippen LogP contribution in [-0.4, -0.2) is 6.54 Å². The molecule has 1 heterocycles. The molecule has 19 heavy (non-hydrogen) atoms. The summed E-state index contributed by atoms with van der Waals surface area (Å²) in [6.45, 7) is 0.997. The van der Waals surface area contributed by atoms with Gasteiger partial charge in [-0.15, -0.1) is 0 Å². The third-order valence-corrected chi connectivity index (χ3v) is 3.14. The van der Waals surface area contributed by atoms with Crippen LogP contribution in [0.2, 0.25) is 10.0 Å². The van der Waals surface area contributed by atoms with Crippen molar-refractivity contribution in [2.24, 2.45) is 5.73 Å². The van der Waals surface area contributed by atoms with E-state index in [1.807, 2.05) is 12.1 Å². The molecule has 1 aromatic carbocycles. The first kappa shape index (κ1) is 14.3. The third kappa shape index (κ3) is 4.16. The minimum Gasteiger partial charge on any atom is -0.484 e. The van der Waals surface area contributed by atoms with E-state index < -0.39 is 0 Å². The van der Waals surface area contributed by atoms with Crippen LogP contribution in [0.15, 0.2) is 34.7 Å². The van der Waals surface area contributed by atoms with Gasteiger partial charge in [-0.25, -0.2) is 0 Å². The minimum atomic E-state index is 0.337. The van der Waals surface area contributed by atoms with Crippen LogP contribution >= 0.6 is 23.2 Å². The summed E-state index contributed by atoms with van der Waals surface area (Å²) < 4.78 is 11.2. The van der Waals surface area contributed by atoms with Gasteiger partial charge < -0.3 is 14.9 Å². The Morgan fingerprint density at radius 1 is 1.11 bits per heavy atom. The Morgan fingerprint density at radius 2 is 1.89 bits per heavy atom. The molecular formula is C14H15Cl2NO2. The molecule has 0 bridgehead atoms. The first-order valence-corrected chi connectivity index (χ1v) is 6.80. The third-order valence-electron chi connectivity index (χ3n) is 2.61. The Balaban J connectivity index is 1.92. The number of aryl methyl sites for hydroxylation is 1. The van der Waals surface area contributed by atoms with Crippen molar-refractivity contribution >= 4 is 23.2 Å². The molecule has 2 aromatic rings. The monoisotopic (exact) mass is 299 g/mol. The van der Waals surface area contributed by atoms with Crippen molar-refractivity contribution in [2.45, 2.75) is 19.4 Å². The highest BCUT2D eigenvalue weighted by Crippen LogP contribution is 2.28. The zero-order chi connectivity index (χ0) is 13.7. The molecule has 0 saturated heterocycles. The van der Waals surface area contributed by atoms with Gasteiger partial charge in [0.25, 0.3) is 0 Å². The van der Waals surface area contributed by atoms with Crippen LogP contribution in [0.3, 0.4) is 0 Å². The molecule has 0 aliphatic rings. The molecule has 2 rings (SSSR count). The minimum absolute atomic E-state index is 0.337. The van der Waals surface area contributed by atoms with Crippen molar-refractivity contribution in [1.29, 1.82) is 0 Å². The Kier molecular flexibility index (Phi) is 5.14. The lowest BCUT2D eigenvalue weighted by Crippen LogP contribution is -1.99. The molecule has 0 radical (unpaired) electrons. The molecule has 0 aliphatic heterocycles. The molecule has 0 fully saturated rings. The lowest BCUT2D eigenvalue weighted by Gasteiger charge is -2.06. The molecule has 0 unspecified atom stereocenters. The summed E-state index contributed by atoms with van der Waals surface area (Å²) in [5, 5.41) is 1.07. The van der Waals surface area contributed by atoms with E-state index in [0.717, 1.165) is 24.4 Å². The highest BCUT2D eigenvalue weighted by atomic mass is 35.5. The number of nitrogens with two attached hydrogens (primary N) is 1. The molecule has 0 aliphatic carbocycles. The van der Waals surface area contributed by atoms with Crippen molar-refractivity contribution in [3.63, 3.8) is 0 Å². The zero-order valence-corrected chi connectivity index (χ0v) is 11.9. The summed E-state index contributed by atoms with van der Waals surface area (Å²) in [4.78, 5) is 0. The Morgan fingerprint density at radius 3 is 2.63 bits per heavy atom. The van der Waals surface area contributed by atoms with Gasteiger partial charge in [-0.2, -0.15) is 0 Å². The van der Waals surface area contributed by atoms with Gasteiger partial charge in [0.2, 0.25) is 0 Å². The molecule has 0 saturated carbocycles. The second-order valence-corrected chi connectivity index (χ2v) is 4.97. The average Bonchev–Trinajstić information content (AvgIpc) is 2.83. The van der Waals surface area contributed by atoms with Crippen molar-refractivity contribution in [1.82, 2.24) is 0 Å². The predicted octanol–water partition coefficient (Wildman–Crippen LogP) is 4.06. The number of ether oxygens (including phenoxy) is 1. The summed E-state index contributed by atoms with van der Waals surface area (Å²) >= 11 is 11.8. The van der Waals surface area contributed by atoms with Crippen LogP contribution in [0, 0.1) is 0 Å². The fourth-order valence-electron chi connectivity index (χ4n) is 1.65. The lowest BCUT2D eigenvalue weighted by atomic mass is 10.2. The maximum absolute atomic E-state index is 6.02. The van der Waals surface area contributed by atoms with Gasteiger partial charge in [-0.3, -0.25) is 0 Å². The van der Waals surface area contributed by atoms with Crippen LogP contribution in [0.4, 0.5) is 0 Å². The molecule has 0 amide bonds. The van der Waals surface area contributed by atoms with Gasteiger partial charge in [0, 0.05) is 11.4 Å². The first-order chi connectivity index (χ1) is 9.19. The molecule has 3 nitrogen and oxygen atoms in total. The molecule has 0 atom stereocenters. The number of hydrogen-bond acceptors (Lipinski definition) is 3. The number of benzene rings is 1. The maximum Gasteiger partial charge on any atom is 0.146 e. The van der Waals surface area contributed by atoms with Gasteiger partial charge in [0.05, 0.1) is 5.02 Å². The van der Waals surface area contributed by atoms with Crippen LogP contribution < -0.4 is 10.5 Å². The lowest BCUT2D eigenvalue weighted by molar-refractivity contribution is 0.266. The van der Waals surface area contributed by atoms with Crippen LogP contribution in [0.25, 0.3) is 0 Å². The number of hydrogen-bond donors (Lipinski definition) is 1. The predicted molar refractivity (Wildman–Crippen MR) is 76.9 cm³/mol. The summed E-state index contributed by atoms with van der Waals surface area (Å²) in [6, 6.07) is 8.96. The van der Waals surface area contributed by atoms with Crippen molar-refractivity contribution in [2.75, 3.05) is 6.54 Å². The van der Waals surface area contributed by atoms with E-state index >= 15 is 0 Å².